The van der Waals surface area contributed by atoms with Crippen molar-refractivity contribution in [3.8, 4) is 0 Å². The van der Waals surface area contributed by atoms with Crippen molar-refractivity contribution < 1.29 is 18.3 Å². The minimum atomic E-state index is -3.89. The van der Waals surface area contributed by atoms with Crippen LogP contribution < -0.4 is 4.72 Å². The van der Waals surface area contributed by atoms with Crippen LogP contribution in [-0.2, 0) is 10.0 Å². The van der Waals surface area contributed by atoms with Gasteiger partial charge in [0, 0.05) is 10.7 Å². The van der Waals surface area contributed by atoms with Crippen molar-refractivity contribution in [3.05, 3.63) is 52.3 Å². The maximum atomic E-state index is 12.3. The summed E-state index contributed by atoms with van der Waals surface area (Å²) in [4.78, 5) is 14.8. The van der Waals surface area contributed by atoms with Gasteiger partial charge >= 0.3 is 5.97 Å². The number of carbonyl (C=O) groups is 1. The van der Waals surface area contributed by atoms with Crippen molar-refractivity contribution in [3.63, 3.8) is 0 Å². The highest BCUT2D eigenvalue weighted by molar-refractivity contribution is 9.10. The monoisotopic (exact) mass is 370 g/mol. The van der Waals surface area contributed by atoms with E-state index < -0.39 is 16.0 Å². The van der Waals surface area contributed by atoms with E-state index in [1.807, 2.05) is 0 Å². The van der Waals surface area contributed by atoms with Crippen LogP contribution in [0.3, 0.4) is 0 Å². The van der Waals surface area contributed by atoms with Gasteiger partial charge in [0.25, 0.3) is 10.0 Å². The second-order valence-corrected chi connectivity index (χ2v) is 6.77. The molecule has 0 radical (unpaired) electrons. The quantitative estimate of drug-likeness (QED) is 0.862. The average molecular weight is 371 g/mol. The molecular formula is C13H11BrN2O4S. The Labute approximate surface area is 130 Å². The number of nitrogens with one attached hydrogen (secondary N) is 1. The third-order valence-corrected chi connectivity index (χ3v) is 4.96. The molecule has 0 unspecified atom stereocenters. The van der Waals surface area contributed by atoms with Gasteiger partial charge in [-0.05, 0) is 36.8 Å². The maximum Gasteiger partial charge on any atom is 0.336 e. The van der Waals surface area contributed by atoms with Gasteiger partial charge in [0.05, 0.1) is 22.3 Å². The summed E-state index contributed by atoms with van der Waals surface area (Å²) in [5, 5.41) is 9.12. The number of anilines is 1. The molecule has 0 aliphatic rings. The highest BCUT2D eigenvalue weighted by atomic mass is 79.9. The molecule has 2 rings (SSSR count). The molecule has 0 saturated carbocycles. The summed E-state index contributed by atoms with van der Waals surface area (Å²) in [7, 11) is -3.89. The first-order valence-corrected chi connectivity index (χ1v) is 8.05. The smallest absolute Gasteiger partial charge is 0.336 e. The predicted molar refractivity (Wildman–Crippen MR) is 80.9 cm³/mol. The number of hydrogen-bond donors (Lipinski definition) is 2. The van der Waals surface area contributed by atoms with Crippen LogP contribution in [0.1, 0.15) is 15.9 Å². The van der Waals surface area contributed by atoms with Gasteiger partial charge < -0.3 is 5.11 Å². The minimum Gasteiger partial charge on any atom is -0.478 e. The van der Waals surface area contributed by atoms with Gasteiger partial charge in [-0.1, -0.05) is 15.9 Å². The Balaban J connectivity index is 2.48. The summed E-state index contributed by atoms with van der Waals surface area (Å²) in [6.07, 6.45) is 2.88. The first-order chi connectivity index (χ1) is 9.81. The van der Waals surface area contributed by atoms with Crippen molar-refractivity contribution >= 4 is 37.6 Å². The van der Waals surface area contributed by atoms with E-state index in [9.17, 15) is 13.2 Å². The molecular weight excluding hydrogens is 360 g/mol. The summed E-state index contributed by atoms with van der Waals surface area (Å²) >= 11 is 3.18. The predicted octanol–water partition coefficient (Wildman–Crippen LogP) is 2.65. The minimum absolute atomic E-state index is 0.0732. The van der Waals surface area contributed by atoms with Crippen LogP contribution in [0, 0.1) is 6.92 Å². The average Bonchev–Trinajstić information content (AvgIpc) is 2.41. The number of hydrogen-bond acceptors (Lipinski definition) is 4. The van der Waals surface area contributed by atoms with E-state index in [-0.39, 0.29) is 10.5 Å². The van der Waals surface area contributed by atoms with Gasteiger partial charge in [0.15, 0.2) is 0 Å². The molecule has 2 N–H and O–H groups in total. The molecule has 8 heteroatoms. The Morgan fingerprint density at radius 2 is 2.10 bits per heavy atom. The topological polar surface area (TPSA) is 96.4 Å². The normalized spacial score (nSPS) is 11.1. The highest BCUT2D eigenvalue weighted by Gasteiger charge is 2.20. The Morgan fingerprint density at radius 3 is 2.67 bits per heavy atom. The van der Waals surface area contributed by atoms with Crippen molar-refractivity contribution in [2.24, 2.45) is 0 Å². The molecule has 0 bridgehead atoms. The third-order valence-electron chi connectivity index (χ3n) is 2.77. The largest absolute Gasteiger partial charge is 0.478 e. The van der Waals surface area contributed by atoms with E-state index in [2.05, 4.69) is 25.6 Å². The number of aromatic nitrogens is 1. The lowest BCUT2D eigenvalue weighted by molar-refractivity contribution is 0.0695. The number of sulfonamides is 1. The number of benzene rings is 1. The van der Waals surface area contributed by atoms with Crippen LogP contribution in [-0.4, -0.2) is 24.5 Å². The van der Waals surface area contributed by atoms with E-state index in [1.54, 1.807) is 19.1 Å². The molecule has 0 saturated heterocycles. The summed E-state index contributed by atoms with van der Waals surface area (Å²) in [6, 6.07) is 5.62. The van der Waals surface area contributed by atoms with E-state index in [0.29, 0.717) is 15.7 Å². The van der Waals surface area contributed by atoms with Gasteiger partial charge in [-0.2, -0.15) is 0 Å². The van der Waals surface area contributed by atoms with Gasteiger partial charge in [-0.15, -0.1) is 0 Å². The fourth-order valence-electron chi connectivity index (χ4n) is 1.67. The second kappa shape index (κ2) is 5.82. The van der Waals surface area contributed by atoms with Gasteiger partial charge in [-0.3, -0.25) is 9.71 Å². The molecule has 0 aliphatic heterocycles. The zero-order valence-electron chi connectivity index (χ0n) is 10.9. The van der Waals surface area contributed by atoms with Crippen molar-refractivity contribution in [2.75, 3.05) is 4.72 Å². The summed E-state index contributed by atoms with van der Waals surface area (Å²) in [5.74, 6) is -1.19. The Hall–Kier alpha value is -1.93. The van der Waals surface area contributed by atoms with Crippen molar-refractivity contribution in [2.45, 2.75) is 11.8 Å². The molecule has 1 aromatic heterocycles. The van der Waals surface area contributed by atoms with E-state index in [1.165, 1.54) is 18.5 Å². The molecule has 0 amide bonds. The van der Waals surface area contributed by atoms with Gasteiger partial charge in [0.1, 0.15) is 0 Å². The van der Waals surface area contributed by atoms with Gasteiger partial charge in [-0.25, -0.2) is 13.2 Å². The number of carboxylic acids is 1. The Bertz CT molecular complexity index is 791. The van der Waals surface area contributed by atoms with Crippen LogP contribution in [0.15, 0.2) is 46.0 Å². The summed E-state index contributed by atoms with van der Waals surface area (Å²) < 4.78 is 27.3. The zero-order valence-corrected chi connectivity index (χ0v) is 13.3. The lowest BCUT2D eigenvalue weighted by atomic mass is 10.1. The van der Waals surface area contributed by atoms with Crippen molar-refractivity contribution in [1.82, 2.24) is 4.98 Å². The van der Waals surface area contributed by atoms with Gasteiger partial charge in [0.2, 0.25) is 0 Å². The molecule has 0 aliphatic carbocycles. The molecule has 2 aromatic rings. The fraction of sp³-hybridized carbons (Fsp3) is 0.0769. The van der Waals surface area contributed by atoms with E-state index in [4.69, 9.17) is 5.11 Å². The first-order valence-electron chi connectivity index (χ1n) is 5.77. The number of nitrogens with zero attached hydrogens (tertiary/aromatic N) is 1. The van der Waals surface area contributed by atoms with Crippen LogP contribution in [0.2, 0.25) is 0 Å². The molecule has 0 spiro atoms. The number of carboxylic acid groups (broad SMARTS) is 1. The highest BCUT2D eigenvalue weighted by Crippen LogP contribution is 2.26. The lowest BCUT2D eigenvalue weighted by Gasteiger charge is -2.11. The molecule has 0 atom stereocenters. The Kier molecular flexibility index (Phi) is 4.29. The first kappa shape index (κ1) is 15.5. The number of pyridine rings is 1. The van der Waals surface area contributed by atoms with Crippen LogP contribution in [0.5, 0.6) is 0 Å². The SMILES string of the molecule is Cc1c(Br)cc(S(=O)(=O)Nc2cccnc2)cc1C(=O)O. The molecule has 1 aromatic carbocycles. The number of aromatic carboxylic acids is 1. The molecule has 110 valence electrons. The summed E-state index contributed by atoms with van der Waals surface area (Å²) in [5.41, 5.74) is 0.685. The number of halogens is 1. The number of rotatable bonds is 4. The molecule has 6 nitrogen and oxygen atoms in total. The molecule has 21 heavy (non-hydrogen) atoms. The van der Waals surface area contributed by atoms with Crippen molar-refractivity contribution in [1.29, 1.82) is 0 Å². The standard InChI is InChI=1S/C13H11BrN2O4S/c1-8-11(13(17)18)5-10(6-12(8)14)21(19,20)16-9-3-2-4-15-7-9/h2-7,16H,1H3,(H,17,18). The fourth-order valence-corrected chi connectivity index (χ4v) is 3.38. The molecule has 0 fully saturated rings. The van der Waals surface area contributed by atoms with Crippen LogP contribution >= 0.6 is 15.9 Å². The Morgan fingerprint density at radius 1 is 1.38 bits per heavy atom. The van der Waals surface area contributed by atoms with Crippen LogP contribution in [0.25, 0.3) is 0 Å². The maximum absolute atomic E-state index is 12.3. The summed E-state index contributed by atoms with van der Waals surface area (Å²) in [6.45, 7) is 1.60. The lowest BCUT2D eigenvalue weighted by Crippen LogP contribution is -2.14. The second-order valence-electron chi connectivity index (χ2n) is 4.23. The van der Waals surface area contributed by atoms with E-state index in [0.717, 1.165) is 6.07 Å². The van der Waals surface area contributed by atoms with Crippen LogP contribution in [0.4, 0.5) is 5.69 Å². The molecule has 1 heterocycles. The zero-order chi connectivity index (χ0) is 15.6. The third kappa shape index (κ3) is 3.40. The van der Waals surface area contributed by atoms with E-state index >= 15 is 0 Å².